The molecule has 2 aliphatic rings. The minimum absolute atomic E-state index is 0.00238. The van der Waals surface area contributed by atoms with Gasteiger partial charge in [-0.25, -0.2) is 0 Å². The highest BCUT2D eigenvalue weighted by Crippen LogP contribution is 2.26. The number of carbonyl (C=O) groups excluding carboxylic acids is 2. The zero-order valence-electron chi connectivity index (χ0n) is 29.6. The molecule has 2 saturated heterocycles. The van der Waals surface area contributed by atoms with E-state index >= 15 is 0 Å². The molecule has 0 N–H and O–H groups in total. The molecule has 0 atom stereocenters. The lowest BCUT2D eigenvalue weighted by atomic mass is 10.0. The highest BCUT2D eigenvalue weighted by molar-refractivity contribution is 6.42. The topological polar surface area (TPSA) is 109 Å². The Bertz CT molecular complexity index is 1720. The number of amides is 2. The fraction of sp³-hybridized carbons (Fsp3) is 0.474. The zero-order valence-corrected chi connectivity index (χ0v) is 32.6. The molecule has 2 aliphatic heterocycles. The Morgan fingerprint density at radius 2 is 1.08 bits per heavy atom. The van der Waals surface area contributed by atoms with Crippen molar-refractivity contribution < 1.29 is 24.0 Å². The monoisotopic (exact) mass is 807 g/mol. The summed E-state index contributed by atoms with van der Waals surface area (Å²) >= 11 is 24.9. The fourth-order valence-electron chi connectivity index (χ4n) is 6.52. The third-order valence-electron chi connectivity index (χ3n) is 9.57. The molecule has 2 fully saturated rings. The number of hydrogen-bond acceptors (Lipinski definition) is 8. The lowest BCUT2D eigenvalue weighted by Gasteiger charge is -2.30. The van der Waals surface area contributed by atoms with Crippen LogP contribution in [-0.2, 0) is 22.3 Å². The number of ether oxygens (including phenoxy) is 2. The van der Waals surface area contributed by atoms with Crippen molar-refractivity contribution >= 4 is 63.9 Å². The van der Waals surface area contributed by atoms with Crippen LogP contribution in [0.4, 0.5) is 5.69 Å². The first-order valence-electron chi connectivity index (χ1n) is 17.9. The summed E-state index contributed by atoms with van der Waals surface area (Å²) in [7, 11) is 0. The van der Waals surface area contributed by atoms with Crippen LogP contribution in [0.5, 0.6) is 0 Å². The molecule has 0 spiro atoms. The Balaban J connectivity index is 1.41. The van der Waals surface area contributed by atoms with Crippen LogP contribution in [0, 0.1) is 10.1 Å². The molecule has 0 unspecified atom stereocenters. The number of benzene rings is 3. The van der Waals surface area contributed by atoms with Gasteiger partial charge in [-0.3, -0.25) is 29.5 Å². The van der Waals surface area contributed by atoms with Crippen LogP contribution in [-0.4, -0.2) is 128 Å². The molecular weight excluding hydrogens is 764 g/mol. The Labute approximate surface area is 330 Å². The van der Waals surface area contributed by atoms with Gasteiger partial charge in [0.15, 0.2) is 0 Å². The van der Waals surface area contributed by atoms with E-state index in [2.05, 4.69) is 9.80 Å². The highest BCUT2D eigenvalue weighted by atomic mass is 35.5. The van der Waals surface area contributed by atoms with Crippen LogP contribution < -0.4 is 0 Å². The second kappa shape index (κ2) is 20.6. The number of nitro benzene ring substituents is 1. The first-order valence-corrected chi connectivity index (χ1v) is 19.5. The quantitative estimate of drug-likeness (QED) is 0.106. The van der Waals surface area contributed by atoms with Crippen molar-refractivity contribution in [1.82, 2.24) is 19.6 Å². The lowest BCUT2D eigenvalue weighted by Crippen LogP contribution is -2.41. The molecular formula is C38H45Cl4N5O6. The van der Waals surface area contributed by atoms with Crippen LogP contribution in [0.25, 0.3) is 0 Å². The summed E-state index contributed by atoms with van der Waals surface area (Å²) < 4.78 is 11.0. The van der Waals surface area contributed by atoms with Gasteiger partial charge in [0, 0.05) is 77.6 Å². The molecule has 0 aromatic heterocycles. The highest BCUT2D eigenvalue weighted by Gasteiger charge is 2.28. The average molecular weight is 810 g/mol. The molecule has 15 heteroatoms. The predicted octanol–water partition coefficient (Wildman–Crippen LogP) is 7.02. The number of non-ortho nitro benzene ring substituents is 1. The molecule has 53 heavy (non-hydrogen) atoms. The van der Waals surface area contributed by atoms with Crippen molar-refractivity contribution in [3.05, 3.63) is 107 Å². The van der Waals surface area contributed by atoms with Crippen LogP contribution in [0.15, 0.2) is 54.6 Å². The maximum absolute atomic E-state index is 14.6. The number of morpholine rings is 2. The number of carbonyl (C=O) groups is 2. The van der Waals surface area contributed by atoms with E-state index in [1.54, 1.807) is 34.1 Å². The Morgan fingerprint density at radius 3 is 1.51 bits per heavy atom. The number of hydrogen-bond donors (Lipinski definition) is 0. The van der Waals surface area contributed by atoms with Crippen molar-refractivity contribution in [2.75, 3.05) is 91.9 Å². The summed E-state index contributed by atoms with van der Waals surface area (Å²) in [5.74, 6) is -0.820. The summed E-state index contributed by atoms with van der Waals surface area (Å²) in [6.07, 6.45) is 2.33. The molecule has 286 valence electrons. The van der Waals surface area contributed by atoms with E-state index in [0.29, 0.717) is 98.4 Å². The summed E-state index contributed by atoms with van der Waals surface area (Å²) in [5, 5.41) is 13.7. The minimum Gasteiger partial charge on any atom is -0.379 e. The molecule has 0 radical (unpaired) electrons. The molecule has 0 aliphatic carbocycles. The van der Waals surface area contributed by atoms with Gasteiger partial charge >= 0.3 is 0 Å². The Morgan fingerprint density at radius 1 is 0.623 bits per heavy atom. The zero-order chi connectivity index (χ0) is 37.7. The number of rotatable bonds is 17. The van der Waals surface area contributed by atoms with Gasteiger partial charge in [-0.1, -0.05) is 58.5 Å². The van der Waals surface area contributed by atoms with E-state index in [9.17, 15) is 19.7 Å². The summed E-state index contributed by atoms with van der Waals surface area (Å²) in [4.78, 5) is 48.5. The number of nitrogens with zero attached hydrogens (tertiary/aromatic N) is 5. The second-order valence-electron chi connectivity index (χ2n) is 13.2. The largest absolute Gasteiger partial charge is 0.379 e. The van der Waals surface area contributed by atoms with Gasteiger partial charge in [0.1, 0.15) is 0 Å². The summed E-state index contributed by atoms with van der Waals surface area (Å²) in [6.45, 7) is 8.89. The van der Waals surface area contributed by atoms with Crippen LogP contribution >= 0.6 is 46.4 Å². The standard InChI is InChI=1S/C38H45Cl4N5O6/c39-33-7-3-28(25-35(33)41)9-15-45(13-1-11-43-17-21-52-22-18-43)37(48)31-6-5-30(47(50)51)27-32(31)38(49)46(14-2-12-44-19-23-53-24-20-44)16-10-29-4-8-34(40)36(42)26-29/h3-8,25-27H,1-2,9-24H2. The van der Waals surface area contributed by atoms with Crippen molar-refractivity contribution in [3.63, 3.8) is 0 Å². The lowest BCUT2D eigenvalue weighted by molar-refractivity contribution is -0.384. The van der Waals surface area contributed by atoms with Gasteiger partial charge in [0.2, 0.25) is 0 Å². The van der Waals surface area contributed by atoms with E-state index < -0.39 is 10.8 Å². The van der Waals surface area contributed by atoms with Gasteiger partial charge in [-0.05, 0) is 67.1 Å². The normalized spacial score (nSPS) is 15.3. The fourth-order valence-corrected chi connectivity index (χ4v) is 7.16. The minimum atomic E-state index is -0.548. The summed E-state index contributed by atoms with van der Waals surface area (Å²) in [5.41, 5.74) is 1.64. The summed E-state index contributed by atoms with van der Waals surface area (Å²) in [6, 6.07) is 14.6. The van der Waals surface area contributed by atoms with Gasteiger partial charge in [0.25, 0.3) is 17.5 Å². The second-order valence-corrected chi connectivity index (χ2v) is 14.8. The SMILES string of the molecule is O=C(c1ccc([N+](=O)[O-])cc1C(=O)N(CCCN1CCOCC1)CCc1ccc(Cl)c(Cl)c1)N(CCCN1CCOCC1)CCc1ccc(Cl)c(Cl)c1. The van der Waals surface area contributed by atoms with E-state index in [0.717, 1.165) is 50.4 Å². The first-order chi connectivity index (χ1) is 25.6. The molecule has 2 heterocycles. The van der Waals surface area contributed by atoms with Crippen LogP contribution in [0.1, 0.15) is 44.7 Å². The van der Waals surface area contributed by atoms with Crippen molar-refractivity contribution in [1.29, 1.82) is 0 Å². The predicted molar refractivity (Wildman–Crippen MR) is 209 cm³/mol. The van der Waals surface area contributed by atoms with Crippen molar-refractivity contribution in [2.45, 2.75) is 25.7 Å². The van der Waals surface area contributed by atoms with Gasteiger partial charge in [-0.2, -0.15) is 0 Å². The third kappa shape index (κ3) is 12.2. The smallest absolute Gasteiger partial charge is 0.270 e. The average Bonchev–Trinajstić information content (AvgIpc) is 3.17. The Hall–Kier alpha value is -3.00. The molecule has 3 aromatic carbocycles. The third-order valence-corrected chi connectivity index (χ3v) is 11.0. The van der Waals surface area contributed by atoms with E-state index in [4.69, 9.17) is 55.9 Å². The molecule has 3 aromatic rings. The Kier molecular flexibility index (Phi) is 16.0. The molecule has 0 saturated carbocycles. The first kappa shape index (κ1) is 41.2. The molecule has 11 nitrogen and oxygen atoms in total. The van der Waals surface area contributed by atoms with Crippen LogP contribution in [0.2, 0.25) is 20.1 Å². The van der Waals surface area contributed by atoms with Crippen molar-refractivity contribution in [3.8, 4) is 0 Å². The van der Waals surface area contributed by atoms with Crippen LogP contribution in [0.3, 0.4) is 0 Å². The van der Waals surface area contributed by atoms with Gasteiger partial charge in [-0.15, -0.1) is 0 Å². The number of halogens is 4. The van der Waals surface area contributed by atoms with Crippen molar-refractivity contribution in [2.24, 2.45) is 0 Å². The van der Waals surface area contributed by atoms with Gasteiger partial charge in [0.05, 0.1) is 62.6 Å². The van der Waals surface area contributed by atoms with Gasteiger partial charge < -0.3 is 19.3 Å². The maximum atomic E-state index is 14.6. The molecule has 0 bridgehead atoms. The maximum Gasteiger partial charge on any atom is 0.270 e. The van der Waals surface area contributed by atoms with E-state index in [-0.39, 0.29) is 22.7 Å². The van der Waals surface area contributed by atoms with E-state index in [1.165, 1.54) is 18.2 Å². The molecule has 2 amide bonds. The molecule has 5 rings (SSSR count). The number of nitro groups is 1. The van der Waals surface area contributed by atoms with E-state index in [1.807, 2.05) is 12.1 Å².